The number of halogens is 1. The summed E-state index contributed by atoms with van der Waals surface area (Å²) in [6.07, 6.45) is -0.442. The fourth-order valence-corrected chi connectivity index (χ4v) is 1.66. The molecule has 2 nitrogen and oxygen atoms in total. The molecule has 1 unspecified atom stereocenters. The first-order chi connectivity index (χ1) is 8.47. The molecule has 3 heteroatoms. The van der Waals surface area contributed by atoms with Gasteiger partial charge in [0.05, 0.1) is 0 Å². The molecular formula is C15H19FO2. The van der Waals surface area contributed by atoms with Gasteiger partial charge in [-0.1, -0.05) is 25.5 Å². The van der Waals surface area contributed by atoms with Crippen molar-refractivity contribution in [2.75, 3.05) is 0 Å². The molecule has 0 bridgehead atoms. The van der Waals surface area contributed by atoms with Gasteiger partial charge in [0.1, 0.15) is 0 Å². The third-order valence-corrected chi connectivity index (χ3v) is 3.08. The maximum absolute atomic E-state index is 13.7. The lowest BCUT2D eigenvalue weighted by Crippen LogP contribution is -2.25. The highest BCUT2D eigenvalue weighted by molar-refractivity contribution is 6.13. The molecule has 0 aliphatic rings. The smallest absolute Gasteiger partial charge is 0.220 e. The Hall–Kier alpha value is -1.51. The van der Waals surface area contributed by atoms with Gasteiger partial charge >= 0.3 is 0 Å². The second kappa shape index (κ2) is 6.43. The number of carbonyl (C=O) groups excluding carboxylic acids is 2. The summed E-state index contributed by atoms with van der Waals surface area (Å²) in [5.74, 6) is -1.33. The molecule has 0 amide bonds. The van der Waals surface area contributed by atoms with Crippen LogP contribution in [0.25, 0.3) is 0 Å². The molecular weight excluding hydrogens is 231 g/mol. The molecule has 0 N–H and O–H groups in total. The van der Waals surface area contributed by atoms with Crippen LogP contribution in [0.5, 0.6) is 0 Å². The number of hydrogen-bond acceptors (Lipinski definition) is 2. The lowest BCUT2D eigenvalue weighted by Gasteiger charge is -2.08. The number of carbonyl (C=O) groups is 2. The van der Waals surface area contributed by atoms with E-state index in [-0.39, 0.29) is 12.0 Å². The number of benzene rings is 1. The van der Waals surface area contributed by atoms with Crippen molar-refractivity contribution in [3.63, 3.8) is 0 Å². The summed E-state index contributed by atoms with van der Waals surface area (Å²) in [5, 5.41) is 0. The number of hydrogen-bond donors (Lipinski definition) is 0. The van der Waals surface area contributed by atoms with Crippen LogP contribution in [0.15, 0.2) is 18.2 Å². The van der Waals surface area contributed by atoms with Gasteiger partial charge in [-0.2, -0.15) is 0 Å². The highest BCUT2D eigenvalue weighted by Crippen LogP contribution is 2.14. The van der Waals surface area contributed by atoms with Crippen molar-refractivity contribution in [2.24, 2.45) is 0 Å². The van der Waals surface area contributed by atoms with Crippen LogP contribution in [-0.2, 0) is 4.79 Å². The zero-order chi connectivity index (χ0) is 13.7. The van der Waals surface area contributed by atoms with E-state index in [0.717, 1.165) is 17.5 Å². The van der Waals surface area contributed by atoms with E-state index in [1.165, 1.54) is 0 Å². The number of aryl methyl sites for hydroxylation is 2. The third kappa shape index (κ3) is 3.49. The molecule has 0 aliphatic carbocycles. The Kier molecular flexibility index (Phi) is 5.20. The number of alkyl halides is 1. The Morgan fingerprint density at radius 3 is 2.44 bits per heavy atom. The van der Waals surface area contributed by atoms with E-state index in [1.807, 2.05) is 20.8 Å². The second-order valence-corrected chi connectivity index (χ2v) is 4.60. The Balaban J connectivity index is 2.79. The van der Waals surface area contributed by atoms with Gasteiger partial charge in [0.2, 0.25) is 12.0 Å². The van der Waals surface area contributed by atoms with Crippen molar-refractivity contribution in [2.45, 2.75) is 46.2 Å². The van der Waals surface area contributed by atoms with Gasteiger partial charge in [0.25, 0.3) is 0 Å². The monoisotopic (exact) mass is 250 g/mol. The van der Waals surface area contributed by atoms with E-state index in [4.69, 9.17) is 0 Å². The molecule has 0 saturated heterocycles. The number of Topliss-reactive ketones (excluding diaryl/α,β-unsaturated/α-hetero) is 2. The van der Waals surface area contributed by atoms with Gasteiger partial charge in [-0.3, -0.25) is 9.59 Å². The minimum atomic E-state index is -2.02. The van der Waals surface area contributed by atoms with Crippen LogP contribution in [0.1, 0.15) is 47.7 Å². The van der Waals surface area contributed by atoms with Crippen LogP contribution < -0.4 is 0 Å². The summed E-state index contributed by atoms with van der Waals surface area (Å²) < 4.78 is 13.7. The molecule has 1 atom stereocenters. The Bertz CT molecular complexity index is 452. The topological polar surface area (TPSA) is 34.1 Å². The number of rotatable bonds is 6. The summed E-state index contributed by atoms with van der Waals surface area (Å²) in [6.45, 7) is 5.70. The average molecular weight is 250 g/mol. The van der Waals surface area contributed by atoms with E-state index < -0.39 is 17.7 Å². The van der Waals surface area contributed by atoms with E-state index in [9.17, 15) is 14.0 Å². The summed E-state index contributed by atoms with van der Waals surface area (Å²) in [6, 6.07) is 4.98. The summed E-state index contributed by atoms with van der Waals surface area (Å²) in [4.78, 5) is 23.3. The van der Waals surface area contributed by atoms with Crippen LogP contribution in [0.4, 0.5) is 4.39 Å². The van der Waals surface area contributed by atoms with Crippen molar-refractivity contribution in [1.82, 2.24) is 0 Å². The quantitative estimate of drug-likeness (QED) is 0.571. The largest absolute Gasteiger partial charge is 0.296 e. The van der Waals surface area contributed by atoms with E-state index in [1.54, 1.807) is 18.2 Å². The predicted molar refractivity (Wildman–Crippen MR) is 69.7 cm³/mol. The molecule has 0 aromatic heterocycles. The molecule has 0 aliphatic heterocycles. The maximum Gasteiger partial charge on any atom is 0.220 e. The fourth-order valence-electron chi connectivity index (χ4n) is 1.66. The number of ketones is 2. The predicted octanol–water partition coefficient (Wildman–Crippen LogP) is 3.58. The lowest BCUT2D eigenvalue weighted by atomic mass is 9.98. The first-order valence-corrected chi connectivity index (χ1v) is 6.25. The van der Waals surface area contributed by atoms with Crippen LogP contribution in [-0.4, -0.2) is 17.7 Å². The van der Waals surface area contributed by atoms with Crippen molar-refractivity contribution >= 4 is 11.6 Å². The highest BCUT2D eigenvalue weighted by atomic mass is 19.1. The first-order valence-electron chi connectivity index (χ1n) is 6.25. The van der Waals surface area contributed by atoms with E-state index in [2.05, 4.69) is 0 Å². The Morgan fingerprint density at radius 1 is 1.22 bits per heavy atom. The minimum absolute atomic E-state index is 0.133. The molecule has 1 aromatic carbocycles. The van der Waals surface area contributed by atoms with Gasteiger partial charge in [-0.15, -0.1) is 0 Å². The van der Waals surface area contributed by atoms with Gasteiger partial charge in [-0.05, 0) is 37.5 Å². The molecule has 1 rings (SSSR count). The van der Waals surface area contributed by atoms with Crippen LogP contribution in [0.2, 0.25) is 0 Å². The molecule has 0 spiro atoms. The molecule has 0 saturated carbocycles. The molecule has 1 aromatic rings. The van der Waals surface area contributed by atoms with Gasteiger partial charge < -0.3 is 0 Å². The SMILES string of the molecule is CCCCC(=O)C(F)C(=O)c1ccc(C)c(C)c1. The fraction of sp³-hybridized carbons (Fsp3) is 0.467. The van der Waals surface area contributed by atoms with Crippen molar-refractivity contribution in [3.8, 4) is 0 Å². The van der Waals surface area contributed by atoms with Gasteiger partial charge in [-0.25, -0.2) is 4.39 Å². The first kappa shape index (κ1) is 14.6. The van der Waals surface area contributed by atoms with E-state index in [0.29, 0.717) is 6.42 Å². The lowest BCUT2D eigenvalue weighted by molar-refractivity contribution is -0.122. The average Bonchev–Trinajstić information content (AvgIpc) is 2.37. The molecule has 0 radical (unpaired) electrons. The number of unbranched alkanes of at least 4 members (excludes halogenated alkanes) is 1. The second-order valence-electron chi connectivity index (χ2n) is 4.60. The summed E-state index contributed by atoms with van der Waals surface area (Å²) >= 11 is 0. The molecule has 98 valence electrons. The van der Waals surface area contributed by atoms with Crippen LogP contribution >= 0.6 is 0 Å². The highest BCUT2D eigenvalue weighted by Gasteiger charge is 2.26. The maximum atomic E-state index is 13.7. The minimum Gasteiger partial charge on any atom is -0.296 e. The van der Waals surface area contributed by atoms with Crippen molar-refractivity contribution < 1.29 is 14.0 Å². The Morgan fingerprint density at radius 2 is 1.89 bits per heavy atom. The molecule has 0 heterocycles. The van der Waals surface area contributed by atoms with Gasteiger partial charge in [0.15, 0.2) is 5.78 Å². The summed E-state index contributed by atoms with van der Waals surface area (Å²) in [5.41, 5.74) is 2.24. The zero-order valence-corrected chi connectivity index (χ0v) is 11.1. The van der Waals surface area contributed by atoms with Crippen molar-refractivity contribution in [1.29, 1.82) is 0 Å². The standard InChI is InChI=1S/C15H19FO2/c1-4-5-6-13(17)14(16)15(18)12-8-7-10(2)11(3)9-12/h7-9,14H,4-6H2,1-3H3. The summed E-state index contributed by atoms with van der Waals surface area (Å²) in [7, 11) is 0. The Labute approximate surface area is 107 Å². The normalized spacial score (nSPS) is 12.2. The van der Waals surface area contributed by atoms with Crippen LogP contribution in [0, 0.1) is 13.8 Å². The zero-order valence-electron chi connectivity index (χ0n) is 11.1. The molecule has 0 fully saturated rings. The molecule has 18 heavy (non-hydrogen) atoms. The van der Waals surface area contributed by atoms with Crippen LogP contribution in [0.3, 0.4) is 0 Å². The third-order valence-electron chi connectivity index (χ3n) is 3.08. The van der Waals surface area contributed by atoms with Crippen molar-refractivity contribution in [3.05, 3.63) is 34.9 Å². The van der Waals surface area contributed by atoms with Gasteiger partial charge in [0, 0.05) is 12.0 Å². The van der Waals surface area contributed by atoms with E-state index >= 15 is 0 Å².